The zero-order valence-corrected chi connectivity index (χ0v) is 13.5. The van der Waals surface area contributed by atoms with Gasteiger partial charge in [0.2, 0.25) is 5.16 Å². The molecular formula is C17H14FN5S. The fourth-order valence-corrected chi connectivity index (χ4v) is 3.09. The fourth-order valence-electron chi connectivity index (χ4n) is 2.21. The van der Waals surface area contributed by atoms with Crippen molar-refractivity contribution in [3.8, 4) is 6.07 Å². The summed E-state index contributed by atoms with van der Waals surface area (Å²) in [6, 6.07) is 15.8. The average molecular weight is 339 g/mol. The Kier molecular flexibility index (Phi) is 4.77. The monoisotopic (exact) mass is 339 g/mol. The van der Waals surface area contributed by atoms with E-state index in [4.69, 9.17) is 11.1 Å². The second-order valence-corrected chi connectivity index (χ2v) is 6.07. The van der Waals surface area contributed by atoms with Crippen molar-refractivity contribution in [2.45, 2.75) is 17.3 Å². The highest BCUT2D eigenvalue weighted by Gasteiger charge is 2.12. The van der Waals surface area contributed by atoms with Gasteiger partial charge in [0.25, 0.3) is 0 Å². The second kappa shape index (κ2) is 7.15. The number of hydrogen-bond donors (Lipinski definition) is 1. The molecule has 3 aromatic rings. The Morgan fingerprint density at radius 1 is 1.12 bits per heavy atom. The quantitative estimate of drug-likeness (QED) is 0.571. The molecule has 0 amide bonds. The predicted octanol–water partition coefficient (Wildman–Crippen LogP) is 2.89. The van der Waals surface area contributed by atoms with Crippen molar-refractivity contribution in [1.82, 2.24) is 14.9 Å². The number of nitrogens with two attached hydrogens (primary N) is 1. The first-order valence-electron chi connectivity index (χ1n) is 7.22. The van der Waals surface area contributed by atoms with E-state index in [0.29, 0.717) is 28.7 Å². The molecule has 24 heavy (non-hydrogen) atoms. The van der Waals surface area contributed by atoms with Crippen LogP contribution in [0.25, 0.3) is 0 Å². The summed E-state index contributed by atoms with van der Waals surface area (Å²) in [5, 5.41) is 17.9. The Balaban J connectivity index is 1.71. The molecule has 0 aliphatic heterocycles. The van der Waals surface area contributed by atoms with Crippen LogP contribution in [-0.4, -0.2) is 14.9 Å². The van der Waals surface area contributed by atoms with Gasteiger partial charge in [-0.3, -0.25) is 0 Å². The van der Waals surface area contributed by atoms with Crippen molar-refractivity contribution >= 4 is 11.8 Å². The lowest BCUT2D eigenvalue weighted by Crippen LogP contribution is -2.14. The van der Waals surface area contributed by atoms with Gasteiger partial charge >= 0.3 is 0 Å². The summed E-state index contributed by atoms with van der Waals surface area (Å²) in [7, 11) is 0. The minimum Gasteiger partial charge on any atom is -0.336 e. The number of halogens is 1. The number of benzene rings is 2. The van der Waals surface area contributed by atoms with E-state index in [-0.39, 0.29) is 5.82 Å². The Morgan fingerprint density at radius 3 is 2.62 bits per heavy atom. The maximum Gasteiger partial charge on any atom is 0.210 e. The van der Waals surface area contributed by atoms with E-state index < -0.39 is 0 Å². The van der Waals surface area contributed by atoms with Crippen LogP contribution in [0, 0.1) is 17.1 Å². The minimum absolute atomic E-state index is 0.277. The van der Waals surface area contributed by atoms with E-state index in [0.717, 1.165) is 11.1 Å². The zero-order valence-electron chi connectivity index (χ0n) is 12.7. The van der Waals surface area contributed by atoms with Crippen molar-refractivity contribution in [1.29, 1.82) is 5.26 Å². The number of nitrogens with zero attached hydrogens (tertiary/aromatic N) is 4. The molecule has 1 aromatic heterocycles. The smallest absolute Gasteiger partial charge is 0.210 e. The van der Waals surface area contributed by atoms with Gasteiger partial charge in [0.15, 0.2) is 5.82 Å². The van der Waals surface area contributed by atoms with E-state index in [1.54, 1.807) is 18.2 Å². The Hall–Kier alpha value is -2.85. The molecule has 0 radical (unpaired) electrons. The molecule has 0 saturated heterocycles. The van der Waals surface area contributed by atoms with Crippen LogP contribution in [0.5, 0.6) is 0 Å². The van der Waals surface area contributed by atoms with E-state index in [1.807, 2.05) is 18.2 Å². The summed E-state index contributed by atoms with van der Waals surface area (Å²) >= 11 is 1.42. The van der Waals surface area contributed by atoms with Crippen molar-refractivity contribution in [2.75, 3.05) is 5.84 Å². The molecular weight excluding hydrogens is 325 g/mol. The molecule has 0 aliphatic rings. The number of nitriles is 1. The Bertz CT molecular complexity index is 883. The van der Waals surface area contributed by atoms with Gasteiger partial charge in [-0.15, -0.1) is 10.2 Å². The third-order valence-electron chi connectivity index (χ3n) is 3.51. The summed E-state index contributed by atoms with van der Waals surface area (Å²) in [5.41, 5.74) is 2.47. The predicted molar refractivity (Wildman–Crippen MR) is 90.1 cm³/mol. The minimum atomic E-state index is -0.277. The van der Waals surface area contributed by atoms with Crippen molar-refractivity contribution in [3.05, 3.63) is 76.9 Å². The van der Waals surface area contributed by atoms with Crippen LogP contribution in [0.2, 0.25) is 0 Å². The highest BCUT2D eigenvalue weighted by Crippen LogP contribution is 2.23. The normalized spacial score (nSPS) is 10.5. The third-order valence-corrected chi connectivity index (χ3v) is 4.50. The molecule has 2 aromatic carbocycles. The first kappa shape index (κ1) is 16.0. The molecule has 3 rings (SSSR count). The maximum atomic E-state index is 12.9. The van der Waals surface area contributed by atoms with Gasteiger partial charge in [0, 0.05) is 12.2 Å². The fraction of sp³-hybridized carbons (Fsp3) is 0.118. The number of rotatable bonds is 5. The summed E-state index contributed by atoms with van der Waals surface area (Å²) in [5.74, 6) is 6.94. The lowest BCUT2D eigenvalue weighted by Gasteiger charge is -2.05. The molecule has 0 spiro atoms. The van der Waals surface area contributed by atoms with E-state index in [9.17, 15) is 4.39 Å². The number of hydrogen-bond acceptors (Lipinski definition) is 5. The van der Waals surface area contributed by atoms with E-state index in [2.05, 4.69) is 16.3 Å². The Labute approximate surface area is 142 Å². The molecule has 1 heterocycles. The van der Waals surface area contributed by atoms with Crippen molar-refractivity contribution < 1.29 is 4.39 Å². The zero-order chi connectivity index (χ0) is 16.9. The van der Waals surface area contributed by atoms with Gasteiger partial charge in [-0.25, -0.2) is 9.07 Å². The molecule has 2 N–H and O–H groups in total. The van der Waals surface area contributed by atoms with Crippen LogP contribution in [0.3, 0.4) is 0 Å². The highest BCUT2D eigenvalue weighted by molar-refractivity contribution is 7.98. The lowest BCUT2D eigenvalue weighted by molar-refractivity contribution is 0.627. The lowest BCUT2D eigenvalue weighted by atomic mass is 10.1. The topological polar surface area (TPSA) is 80.5 Å². The van der Waals surface area contributed by atoms with E-state index >= 15 is 0 Å². The molecule has 0 aliphatic carbocycles. The molecule has 0 fully saturated rings. The molecule has 5 nitrogen and oxygen atoms in total. The molecule has 0 bridgehead atoms. The molecule has 7 heteroatoms. The first-order valence-corrected chi connectivity index (χ1v) is 8.20. The summed E-state index contributed by atoms with van der Waals surface area (Å²) in [6.07, 6.45) is 0.471. The van der Waals surface area contributed by atoms with Crippen LogP contribution < -0.4 is 5.84 Å². The standard InChI is InChI=1S/C17H14FN5S/c18-15-7-5-12(6-8-15)9-16-21-22-17(23(16)20)24-11-14-4-2-1-3-13(14)10-19/h1-8H,9,11,20H2. The van der Waals surface area contributed by atoms with Crippen molar-refractivity contribution in [3.63, 3.8) is 0 Å². The SMILES string of the molecule is N#Cc1ccccc1CSc1nnc(Cc2ccc(F)cc2)n1N. The van der Waals surface area contributed by atoms with Gasteiger partial charge in [0.1, 0.15) is 5.82 Å². The average Bonchev–Trinajstić information content (AvgIpc) is 2.95. The highest BCUT2D eigenvalue weighted by atomic mass is 32.2. The number of nitrogen functional groups attached to an aromatic ring is 1. The van der Waals surface area contributed by atoms with Gasteiger partial charge in [0.05, 0.1) is 11.6 Å². The van der Waals surface area contributed by atoms with Crippen LogP contribution in [0.4, 0.5) is 4.39 Å². The third kappa shape index (κ3) is 3.55. The van der Waals surface area contributed by atoms with Crippen LogP contribution in [-0.2, 0) is 12.2 Å². The van der Waals surface area contributed by atoms with Gasteiger partial charge in [-0.2, -0.15) is 5.26 Å². The van der Waals surface area contributed by atoms with Crippen LogP contribution in [0.15, 0.2) is 53.7 Å². The first-order chi connectivity index (χ1) is 11.7. The van der Waals surface area contributed by atoms with Gasteiger partial charge < -0.3 is 5.84 Å². The van der Waals surface area contributed by atoms with Gasteiger partial charge in [-0.05, 0) is 29.3 Å². The number of thioether (sulfide) groups is 1. The van der Waals surface area contributed by atoms with Crippen molar-refractivity contribution in [2.24, 2.45) is 0 Å². The molecule has 0 atom stereocenters. The summed E-state index contributed by atoms with van der Waals surface area (Å²) in [4.78, 5) is 0. The number of aromatic nitrogens is 3. The molecule has 120 valence electrons. The van der Waals surface area contributed by atoms with E-state index in [1.165, 1.54) is 28.6 Å². The summed E-state index contributed by atoms with van der Waals surface area (Å²) < 4.78 is 14.4. The second-order valence-electron chi connectivity index (χ2n) is 5.13. The largest absolute Gasteiger partial charge is 0.336 e. The molecule has 0 saturated carbocycles. The van der Waals surface area contributed by atoms with Crippen LogP contribution in [0.1, 0.15) is 22.5 Å². The Morgan fingerprint density at radius 2 is 1.88 bits per heavy atom. The van der Waals surface area contributed by atoms with Gasteiger partial charge in [-0.1, -0.05) is 42.1 Å². The molecule has 0 unspecified atom stereocenters. The maximum absolute atomic E-state index is 12.9. The van der Waals surface area contributed by atoms with Crippen LogP contribution >= 0.6 is 11.8 Å². The summed E-state index contributed by atoms with van der Waals surface area (Å²) in [6.45, 7) is 0.